The molecule has 0 fully saturated rings. The number of hydrogen-bond acceptors (Lipinski definition) is 6. The van der Waals surface area contributed by atoms with Crippen LogP contribution in [0.4, 0.5) is 5.69 Å². The molecule has 2 N–H and O–H groups in total. The first-order valence-electron chi connectivity index (χ1n) is 13.8. The Kier molecular flexibility index (Phi) is 10.1. The van der Waals surface area contributed by atoms with Gasteiger partial charge in [0.2, 0.25) is 0 Å². The summed E-state index contributed by atoms with van der Waals surface area (Å²) in [5.41, 5.74) is 5.78. The summed E-state index contributed by atoms with van der Waals surface area (Å²) < 4.78 is 12.4. The number of hydrogen-bond donors (Lipinski definition) is 2. The Hall–Kier alpha value is -5.88. The summed E-state index contributed by atoms with van der Waals surface area (Å²) in [5, 5.41) is 13.0. The van der Waals surface area contributed by atoms with Crippen molar-refractivity contribution in [2.45, 2.75) is 13.8 Å². The third-order valence-corrected chi connectivity index (χ3v) is 6.52. The van der Waals surface area contributed by atoms with Gasteiger partial charge >= 0.3 is 0 Å². The lowest BCUT2D eigenvalue weighted by Gasteiger charge is -2.20. The Morgan fingerprint density at radius 2 is 1.30 bits per heavy atom. The third-order valence-electron chi connectivity index (χ3n) is 6.52. The molecular formula is C38H35NO5. The molecule has 0 aliphatic rings. The van der Waals surface area contributed by atoms with Crippen LogP contribution >= 0.6 is 0 Å². The molecule has 0 heterocycles. The summed E-state index contributed by atoms with van der Waals surface area (Å²) in [6, 6.07) is 25.5. The fraction of sp³-hybridized carbons (Fsp3) is 0.0526. The normalized spacial score (nSPS) is 10.5. The first kappa shape index (κ1) is 31.1. The molecule has 0 saturated carbocycles. The number of aryl methyl sites for hydroxylation is 1. The SMILES string of the molecule is C=CC(=C)OOc1ccc(C(=C)Oc2ccc(OC(=C)c3ccc(O)cc3)c(C)c2NC(=C)/C=C/c2ccc(C)cc2)cc1. The van der Waals surface area contributed by atoms with Gasteiger partial charge in [-0.2, -0.15) is 0 Å². The predicted molar refractivity (Wildman–Crippen MR) is 179 cm³/mol. The van der Waals surface area contributed by atoms with Crippen LogP contribution in [0.15, 0.2) is 141 Å². The molecule has 0 radical (unpaired) electrons. The van der Waals surface area contributed by atoms with Crippen LogP contribution in [0, 0.1) is 13.8 Å². The molecule has 0 aliphatic heterocycles. The minimum atomic E-state index is 0.164. The highest BCUT2D eigenvalue weighted by molar-refractivity contribution is 5.74. The smallest absolute Gasteiger partial charge is 0.178 e. The topological polar surface area (TPSA) is 69.2 Å². The van der Waals surface area contributed by atoms with E-state index in [-0.39, 0.29) is 5.75 Å². The van der Waals surface area contributed by atoms with Gasteiger partial charge in [-0.15, -0.1) is 0 Å². The molecule has 0 saturated heterocycles. The fourth-order valence-electron chi connectivity index (χ4n) is 3.96. The van der Waals surface area contributed by atoms with Crippen LogP contribution in [-0.4, -0.2) is 5.11 Å². The lowest BCUT2D eigenvalue weighted by Crippen LogP contribution is -2.04. The van der Waals surface area contributed by atoms with Crippen LogP contribution in [-0.2, 0) is 4.89 Å². The Bertz CT molecular complexity index is 1710. The van der Waals surface area contributed by atoms with Crippen LogP contribution in [0.25, 0.3) is 17.6 Å². The average molecular weight is 586 g/mol. The largest absolute Gasteiger partial charge is 0.508 e. The summed E-state index contributed by atoms with van der Waals surface area (Å²) in [7, 11) is 0. The summed E-state index contributed by atoms with van der Waals surface area (Å²) in [6.07, 6.45) is 5.33. The van der Waals surface area contributed by atoms with Crippen molar-refractivity contribution in [3.8, 4) is 23.0 Å². The predicted octanol–water partition coefficient (Wildman–Crippen LogP) is 9.76. The van der Waals surface area contributed by atoms with Crippen molar-refractivity contribution >= 4 is 23.3 Å². The minimum absolute atomic E-state index is 0.164. The number of ether oxygens (including phenoxy) is 2. The van der Waals surface area contributed by atoms with Crippen molar-refractivity contribution in [2.75, 3.05) is 5.32 Å². The maximum Gasteiger partial charge on any atom is 0.178 e. The van der Waals surface area contributed by atoms with E-state index in [0.717, 1.165) is 22.3 Å². The van der Waals surface area contributed by atoms with E-state index < -0.39 is 0 Å². The second-order valence-electron chi connectivity index (χ2n) is 9.91. The summed E-state index contributed by atoms with van der Waals surface area (Å²) in [5.74, 6) is 2.88. The fourth-order valence-corrected chi connectivity index (χ4v) is 3.96. The number of nitrogens with one attached hydrogen (secondary N) is 1. The molecule has 0 unspecified atom stereocenters. The second-order valence-corrected chi connectivity index (χ2v) is 9.91. The Labute approximate surface area is 258 Å². The maximum absolute atomic E-state index is 9.64. The lowest BCUT2D eigenvalue weighted by molar-refractivity contribution is -0.160. The maximum atomic E-state index is 9.64. The van der Waals surface area contributed by atoms with Crippen molar-refractivity contribution in [1.29, 1.82) is 0 Å². The standard InChI is InChI=1S/C38H35NO5/c1-8-27(4)43-44-35-21-17-33(18-22-35)30(7)42-37-24-23-36(41-29(6)32-15-19-34(40)20-16-32)28(5)38(37)39-26(3)11-14-31-12-9-25(2)10-13-31/h8-24,39-40H,1,3-4,6-7H2,2,5H3/b14-11+. The van der Waals surface area contributed by atoms with Gasteiger partial charge in [-0.3, -0.25) is 9.78 Å². The monoisotopic (exact) mass is 585 g/mol. The van der Waals surface area contributed by atoms with Crippen molar-refractivity contribution in [2.24, 2.45) is 0 Å². The summed E-state index contributed by atoms with van der Waals surface area (Å²) >= 11 is 0. The Morgan fingerprint density at radius 1 is 0.727 bits per heavy atom. The number of rotatable bonds is 14. The minimum Gasteiger partial charge on any atom is -0.508 e. The van der Waals surface area contributed by atoms with E-state index in [0.29, 0.717) is 45.9 Å². The summed E-state index contributed by atoms with van der Waals surface area (Å²) in [4.78, 5) is 10.3. The quantitative estimate of drug-likeness (QED) is 0.0664. The zero-order chi connectivity index (χ0) is 31.6. The number of phenols is 1. The molecule has 0 amide bonds. The molecule has 0 aromatic heterocycles. The van der Waals surface area contributed by atoms with Crippen LogP contribution < -0.4 is 19.7 Å². The number of anilines is 1. The van der Waals surface area contributed by atoms with E-state index in [1.807, 2.05) is 31.2 Å². The molecule has 4 aromatic carbocycles. The molecule has 0 aliphatic carbocycles. The van der Waals surface area contributed by atoms with Gasteiger partial charge < -0.3 is 19.9 Å². The van der Waals surface area contributed by atoms with E-state index in [4.69, 9.17) is 19.2 Å². The van der Waals surface area contributed by atoms with Crippen molar-refractivity contribution in [3.05, 3.63) is 169 Å². The molecular weight excluding hydrogens is 550 g/mol. The second kappa shape index (κ2) is 14.3. The molecule has 0 atom stereocenters. The van der Waals surface area contributed by atoms with Gasteiger partial charge in [0.05, 0.1) is 5.69 Å². The van der Waals surface area contributed by atoms with Crippen LogP contribution in [0.5, 0.6) is 23.0 Å². The first-order valence-corrected chi connectivity index (χ1v) is 13.8. The highest BCUT2D eigenvalue weighted by atomic mass is 17.2. The van der Waals surface area contributed by atoms with Crippen LogP contribution in [0.1, 0.15) is 27.8 Å². The average Bonchev–Trinajstić information content (AvgIpc) is 3.03. The first-order chi connectivity index (χ1) is 21.1. The van der Waals surface area contributed by atoms with Gasteiger partial charge in [0.1, 0.15) is 23.0 Å². The van der Waals surface area contributed by atoms with E-state index in [2.05, 4.69) is 57.3 Å². The molecule has 44 heavy (non-hydrogen) atoms. The highest BCUT2D eigenvalue weighted by Gasteiger charge is 2.16. The molecule has 4 rings (SSSR count). The van der Waals surface area contributed by atoms with Gasteiger partial charge in [0.15, 0.2) is 17.3 Å². The van der Waals surface area contributed by atoms with Gasteiger partial charge in [-0.05, 0) is 92.2 Å². The van der Waals surface area contributed by atoms with Gasteiger partial charge in [0.25, 0.3) is 0 Å². The zero-order valence-corrected chi connectivity index (χ0v) is 24.9. The Balaban J connectivity index is 1.58. The van der Waals surface area contributed by atoms with E-state index in [1.54, 1.807) is 60.7 Å². The van der Waals surface area contributed by atoms with Crippen molar-refractivity contribution in [3.63, 3.8) is 0 Å². The summed E-state index contributed by atoms with van der Waals surface area (Å²) in [6.45, 7) is 23.6. The number of allylic oxidation sites excluding steroid dienone is 2. The van der Waals surface area contributed by atoms with E-state index >= 15 is 0 Å². The van der Waals surface area contributed by atoms with E-state index in [1.165, 1.54) is 11.6 Å². The zero-order valence-electron chi connectivity index (χ0n) is 24.9. The van der Waals surface area contributed by atoms with Crippen LogP contribution in [0.3, 0.4) is 0 Å². The van der Waals surface area contributed by atoms with Crippen molar-refractivity contribution in [1.82, 2.24) is 0 Å². The number of aromatic hydroxyl groups is 1. The molecule has 6 heteroatoms. The molecule has 0 bridgehead atoms. The highest BCUT2D eigenvalue weighted by Crippen LogP contribution is 2.39. The Morgan fingerprint density at radius 3 is 1.91 bits per heavy atom. The molecule has 222 valence electrons. The van der Waals surface area contributed by atoms with E-state index in [9.17, 15) is 5.11 Å². The van der Waals surface area contributed by atoms with Crippen LogP contribution in [0.2, 0.25) is 0 Å². The van der Waals surface area contributed by atoms with Gasteiger partial charge in [-0.1, -0.05) is 68.8 Å². The molecule has 4 aromatic rings. The van der Waals surface area contributed by atoms with Crippen molar-refractivity contribution < 1.29 is 24.4 Å². The lowest BCUT2D eigenvalue weighted by atomic mass is 10.1. The number of phenolic OH excluding ortho intramolecular Hbond substituents is 1. The van der Waals surface area contributed by atoms with Gasteiger partial charge in [0, 0.05) is 22.4 Å². The third kappa shape index (κ3) is 8.33. The molecule has 6 nitrogen and oxygen atoms in total. The molecule has 0 spiro atoms. The number of benzene rings is 4. The van der Waals surface area contributed by atoms with Gasteiger partial charge in [-0.25, -0.2) is 0 Å².